The van der Waals surface area contributed by atoms with E-state index >= 15 is 0 Å². The second-order valence-corrected chi connectivity index (χ2v) is 8.28. The summed E-state index contributed by atoms with van der Waals surface area (Å²) in [6, 6.07) is 4.31. The minimum Gasteiger partial charge on any atom is -0.388 e. The molecule has 1 aliphatic rings. The Bertz CT molecular complexity index is 927. The number of carbonyl (C=O) groups excluding carboxylic acids is 1. The molecular weight excluding hydrogens is 419 g/mol. The summed E-state index contributed by atoms with van der Waals surface area (Å²) in [7, 11) is 0. The zero-order valence-corrected chi connectivity index (χ0v) is 16.2. The van der Waals surface area contributed by atoms with Crippen molar-refractivity contribution in [3.8, 4) is 0 Å². The Balaban J connectivity index is 1.86. The summed E-state index contributed by atoms with van der Waals surface area (Å²) < 4.78 is 67.1. The van der Waals surface area contributed by atoms with E-state index in [0.717, 1.165) is 10.8 Å². The second-order valence-electron chi connectivity index (χ2n) is 7.87. The minimum absolute atomic E-state index is 0.0828. The van der Waals surface area contributed by atoms with Gasteiger partial charge in [0.05, 0.1) is 21.7 Å². The number of amides is 1. The topological polar surface area (TPSA) is 54.3 Å². The van der Waals surface area contributed by atoms with E-state index in [1.165, 1.54) is 18.2 Å². The zero-order valence-electron chi connectivity index (χ0n) is 15.5. The van der Waals surface area contributed by atoms with Gasteiger partial charge in [-0.25, -0.2) is 8.78 Å². The molecule has 1 aliphatic carbocycles. The fourth-order valence-corrected chi connectivity index (χ4v) is 4.41. The minimum atomic E-state index is -4.51. The van der Waals surface area contributed by atoms with Crippen LogP contribution in [-0.4, -0.2) is 39.8 Å². The lowest BCUT2D eigenvalue weighted by molar-refractivity contribution is -0.140. The summed E-state index contributed by atoms with van der Waals surface area (Å²) in [6.07, 6.45) is -4.53. The van der Waals surface area contributed by atoms with Crippen molar-refractivity contribution in [3.63, 3.8) is 0 Å². The van der Waals surface area contributed by atoms with Crippen LogP contribution in [0.2, 0.25) is 5.02 Å². The molecule has 1 unspecified atom stereocenters. The van der Waals surface area contributed by atoms with Crippen LogP contribution in [0.15, 0.2) is 24.4 Å². The van der Waals surface area contributed by atoms with Crippen LogP contribution in [0.1, 0.15) is 36.5 Å². The third kappa shape index (κ3) is 5.01. The van der Waals surface area contributed by atoms with E-state index in [1.54, 1.807) is 6.92 Å². The number of rotatable bonds is 4. The maximum atomic E-state index is 13.8. The molecule has 0 saturated heterocycles. The first-order chi connectivity index (χ1) is 13.3. The Morgan fingerprint density at radius 3 is 2.66 bits per heavy atom. The number of fused-ring (bicyclic) bond motifs is 1. The van der Waals surface area contributed by atoms with Gasteiger partial charge in [0.1, 0.15) is 6.54 Å². The SMILES string of the molecule is C[C@@H]1CC(F)(F)CC(O)(CNC(=O)c2cn(CC(F)(F)F)c3cccc(Cl)c23)C1. The summed E-state index contributed by atoms with van der Waals surface area (Å²) >= 11 is 6.10. The van der Waals surface area contributed by atoms with Crippen molar-refractivity contribution in [2.45, 2.75) is 50.4 Å². The van der Waals surface area contributed by atoms with Crippen LogP contribution in [0.4, 0.5) is 22.0 Å². The normalized spacial score (nSPS) is 24.6. The van der Waals surface area contributed by atoms with Crippen molar-refractivity contribution in [2.75, 3.05) is 6.54 Å². The van der Waals surface area contributed by atoms with Crippen molar-refractivity contribution in [1.29, 1.82) is 0 Å². The fourth-order valence-electron chi connectivity index (χ4n) is 4.14. The van der Waals surface area contributed by atoms with Crippen molar-refractivity contribution in [3.05, 3.63) is 35.0 Å². The van der Waals surface area contributed by atoms with Gasteiger partial charge >= 0.3 is 6.18 Å². The molecule has 0 aliphatic heterocycles. The van der Waals surface area contributed by atoms with Gasteiger partial charge in [0, 0.05) is 31.0 Å². The zero-order chi connectivity index (χ0) is 21.6. The second kappa shape index (κ2) is 7.43. The molecule has 0 bridgehead atoms. The van der Waals surface area contributed by atoms with Gasteiger partial charge in [0.15, 0.2) is 0 Å². The lowest BCUT2D eigenvalue weighted by Gasteiger charge is -2.39. The predicted octanol–water partition coefficient (Wildman–Crippen LogP) is 4.77. The molecule has 1 fully saturated rings. The molecule has 10 heteroatoms. The Labute approximate surface area is 168 Å². The van der Waals surface area contributed by atoms with Crippen LogP contribution in [0.5, 0.6) is 0 Å². The van der Waals surface area contributed by atoms with E-state index in [-0.39, 0.29) is 34.3 Å². The highest BCUT2D eigenvalue weighted by Crippen LogP contribution is 2.42. The molecule has 1 amide bonds. The van der Waals surface area contributed by atoms with E-state index in [4.69, 9.17) is 11.6 Å². The smallest absolute Gasteiger partial charge is 0.388 e. The predicted molar refractivity (Wildman–Crippen MR) is 98.2 cm³/mol. The van der Waals surface area contributed by atoms with E-state index in [2.05, 4.69) is 5.32 Å². The summed E-state index contributed by atoms with van der Waals surface area (Å²) in [5, 5.41) is 13.1. The average molecular weight is 439 g/mol. The monoisotopic (exact) mass is 438 g/mol. The summed E-state index contributed by atoms with van der Waals surface area (Å²) in [5.74, 6) is -4.29. The Morgan fingerprint density at radius 2 is 2.03 bits per heavy atom. The molecule has 3 rings (SSSR count). The van der Waals surface area contributed by atoms with Crippen molar-refractivity contribution in [1.82, 2.24) is 9.88 Å². The van der Waals surface area contributed by atoms with Gasteiger partial charge < -0.3 is 15.0 Å². The molecule has 2 N–H and O–H groups in total. The Kier molecular flexibility index (Phi) is 5.59. The number of carbonyl (C=O) groups is 1. The number of hydrogen-bond donors (Lipinski definition) is 2. The number of nitrogens with one attached hydrogen (secondary N) is 1. The number of aromatic nitrogens is 1. The molecule has 1 heterocycles. The van der Waals surface area contributed by atoms with Gasteiger partial charge in [-0.05, 0) is 24.5 Å². The van der Waals surface area contributed by atoms with Crippen LogP contribution in [0, 0.1) is 5.92 Å². The number of nitrogens with zero attached hydrogens (tertiary/aromatic N) is 1. The van der Waals surface area contributed by atoms with Gasteiger partial charge in [-0.15, -0.1) is 0 Å². The first-order valence-electron chi connectivity index (χ1n) is 9.01. The molecule has 0 radical (unpaired) electrons. The third-order valence-corrected chi connectivity index (χ3v) is 5.31. The molecule has 0 spiro atoms. The van der Waals surface area contributed by atoms with E-state index < -0.39 is 49.0 Å². The van der Waals surface area contributed by atoms with E-state index in [0.29, 0.717) is 0 Å². The fraction of sp³-hybridized carbons (Fsp3) is 0.526. The number of benzene rings is 1. The first-order valence-corrected chi connectivity index (χ1v) is 9.39. The standard InChI is InChI=1S/C19H20ClF5N2O2/c1-11-5-17(29,8-18(21,22)6-11)9-26-16(28)12-7-27(10-19(23,24)25)14-4-2-3-13(20)15(12)14/h2-4,7,11,29H,5-6,8-10H2,1H3,(H,26,28)/t11-,17?/m0/s1. The van der Waals surface area contributed by atoms with E-state index in [9.17, 15) is 31.9 Å². The van der Waals surface area contributed by atoms with Crippen molar-refractivity contribution >= 4 is 28.4 Å². The van der Waals surface area contributed by atoms with Crippen LogP contribution in [0.25, 0.3) is 10.9 Å². The van der Waals surface area contributed by atoms with Crippen LogP contribution in [0.3, 0.4) is 0 Å². The maximum Gasteiger partial charge on any atom is 0.406 e. The van der Waals surface area contributed by atoms with Gasteiger partial charge in [-0.3, -0.25) is 4.79 Å². The van der Waals surface area contributed by atoms with Crippen molar-refractivity contribution in [2.24, 2.45) is 5.92 Å². The average Bonchev–Trinajstić information content (AvgIpc) is 2.89. The summed E-state index contributed by atoms with van der Waals surface area (Å²) in [5.41, 5.74) is -1.80. The summed E-state index contributed by atoms with van der Waals surface area (Å²) in [6.45, 7) is -0.169. The van der Waals surface area contributed by atoms with Crippen LogP contribution in [-0.2, 0) is 6.54 Å². The van der Waals surface area contributed by atoms with Gasteiger partial charge in [0.25, 0.3) is 11.8 Å². The molecule has 160 valence electrons. The summed E-state index contributed by atoms with van der Waals surface area (Å²) in [4.78, 5) is 12.7. The lowest BCUT2D eigenvalue weighted by atomic mass is 9.76. The molecule has 1 aromatic heterocycles. The molecule has 1 aromatic carbocycles. The first kappa shape index (κ1) is 21.8. The molecule has 1 saturated carbocycles. The number of hydrogen-bond acceptors (Lipinski definition) is 2. The van der Waals surface area contributed by atoms with Crippen molar-refractivity contribution < 1.29 is 31.9 Å². The largest absolute Gasteiger partial charge is 0.406 e. The van der Waals surface area contributed by atoms with Crippen LogP contribution < -0.4 is 5.32 Å². The number of alkyl halides is 5. The Hall–Kier alpha value is -1.87. The molecule has 29 heavy (non-hydrogen) atoms. The lowest BCUT2D eigenvalue weighted by Crippen LogP contribution is -2.51. The number of aliphatic hydroxyl groups is 1. The molecule has 4 nitrogen and oxygen atoms in total. The van der Waals surface area contributed by atoms with Gasteiger partial charge in [0.2, 0.25) is 0 Å². The Morgan fingerprint density at radius 1 is 1.34 bits per heavy atom. The van der Waals surface area contributed by atoms with Gasteiger partial charge in [-0.1, -0.05) is 24.6 Å². The molecular formula is C19H20ClF5N2O2. The molecule has 2 atom stereocenters. The van der Waals surface area contributed by atoms with Crippen LogP contribution >= 0.6 is 11.6 Å². The third-order valence-electron chi connectivity index (χ3n) is 4.99. The highest BCUT2D eigenvalue weighted by molar-refractivity contribution is 6.36. The highest BCUT2D eigenvalue weighted by Gasteiger charge is 2.47. The van der Waals surface area contributed by atoms with E-state index in [1.807, 2.05) is 0 Å². The maximum absolute atomic E-state index is 13.8. The molecule has 2 aromatic rings. The van der Waals surface area contributed by atoms with Gasteiger partial charge in [-0.2, -0.15) is 13.2 Å². The number of halogens is 6. The highest BCUT2D eigenvalue weighted by atomic mass is 35.5. The quantitative estimate of drug-likeness (QED) is 0.675.